The number of halogens is 1. The van der Waals surface area contributed by atoms with E-state index >= 15 is 0 Å². The number of morpholine rings is 1. The maximum absolute atomic E-state index is 12.8. The van der Waals surface area contributed by atoms with E-state index in [9.17, 15) is 14.4 Å². The van der Waals surface area contributed by atoms with Crippen LogP contribution < -0.4 is 9.47 Å². The molecule has 0 unspecified atom stereocenters. The van der Waals surface area contributed by atoms with Gasteiger partial charge >= 0.3 is 0 Å². The van der Waals surface area contributed by atoms with Gasteiger partial charge in [0.15, 0.2) is 11.5 Å². The first-order chi connectivity index (χ1) is 14.3. The molecule has 8 nitrogen and oxygen atoms in total. The van der Waals surface area contributed by atoms with E-state index < -0.39 is 11.1 Å². The molecule has 1 aromatic rings. The van der Waals surface area contributed by atoms with E-state index in [1.165, 1.54) is 0 Å². The van der Waals surface area contributed by atoms with Gasteiger partial charge in [-0.15, -0.1) is 0 Å². The molecule has 2 saturated heterocycles. The van der Waals surface area contributed by atoms with Gasteiger partial charge in [-0.3, -0.25) is 19.3 Å². The lowest BCUT2D eigenvalue weighted by atomic mass is 10.1. The third-order valence-electron chi connectivity index (χ3n) is 4.43. The molecule has 0 bridgehead atoms. The first-order valence-corrected chi connectivity index (χ1v) is 11.3. The van der Waals surface area contributed by atoms with Crippen LogP contribution >= 0.6 is 34.4 Å². The molecule has 0 saturated carbocycles. The summed E-state index contributed by atoms with van der Waals surface area (Å²) >= 11 is 2.97. The van der Waals surface area contributed by atoms with E-state index in [0.29, 0.717) is 43.4 Å². The Labute approximate surface area is 193 Å². The van der Waals surface area contributed by atoms with Gasteiger partial charge in [-0.1, -0.05) is 0 Å². The van der Waals surface area contributed by atoms with Crippen molar-refractivity contribution in [2.24, 2.45) is 0 Å². The lowest BCUT2D eigenvalue weighted by molar-refractivity contribution is -0.139. The molecule has 10 heteroatoms. The van der Waals surface area contributed by atoms with Crippen molar-refractivity contribution in [3.8, 4) is 11.5 Å². The van der Waals surface area contributed by atoms with Crippen molar-refractivity contribution in [1.82, 2.24) is 9.80 Å². The van der Waals surface area contributed by atoms with Crippen molar-refractivity contribution in [2.75, 3.05) is 40.0 Å². The fraction of sp³-hybridized carbons (Fsp3) is 0.450. The summed E-state index contributed by atoms with van der Waals surface area (Å²) in [6, 6.07) is 3.61. The summed E-state index contributed by atoms with van der Waals surface area (Å²) in [6.07, 6.45) is 1.62. The zero-order valence-electron chi connectivity index (χ0n) is 17.0. The van der Waals surface area contributed by atoms with E-state index in [2.05, 4.69) is 22.6 Å². The number of hydrogen-bond donors (Lipinski definition) is 0. The largest absolute Gasteiger partial charge is 0.493 e. The highest BCUT2D eigenvalue weighted by molar-refractivity contribution is 14.1. The summed E-state index contributed by atoms with van der Waals surface area (Å²) in [6.45, 7) is 5.45. The summed E-state index contributed by atoms with van der Waals surface area (Å²) in [7, 11) is 1.55. The highest BCUT2D eigenvalue weighted by Crippen LogP contribution is 2.37. The van der Waals surface area contributed by atoms with Crippen LogP contribution in [0, 0.1) is 3.57 Å². The van der Waals surface area contributed by atoms with Crippen molar-refractivity contribution >= 4 is 57.5 Å². The second kappa shape index (κ2) is 10.0. The zero-order valence-corrected chi connectivity index (χ0v) is 19.9. The number of thioether (sulfide) groups is 1. The summed E-state index contributed by atoms with van der Waals surface area (Å²) in [5.41, 5.74) is 0.706. The van der Waals surface area contributed by atoms with Gasteiger partial charge in [0.25, 0.3) is 11.1 Å². The quantitative estimate of drug-likeness (QED) is 0.401. The number of nitrogens with zero attached hydrogens (tertiary/aromatic N) is 2. The van der Waals surface area contributed by atoms with Gasteiger partial charge in [-0.25, -0.2) is 0 Å². The zero-order chi connectivity index (χ0) is 21.8. The normalized spacial score (nSPS) is 18.5. The molecular formula is C20H23IN2O6S. The number of amides is 3. The maximum Gasteiger partial charge on any atom is 0.294 e. The van der Waals surface area contributed by atoms with Crippen LogP contribution in [-0.4, -0.2) is 72.9 Å². The molecule has 0 radical (unpaired) electrons. The first kappa shape index (κ1) is 22.9. The van der Waals surface area contributed by atoms with Crippen LogP contribution in [0.15, 0.2) is 17.0 Å². The van der Waals surface area contributed by atoms with E-state index in [1.54, 1.807) is 24.2 Å². The number of ether oxygens (including phenoxy) is 3. The summed E-state index contributed by atoms with van der Waals surface area (Å²) < 4.78 is 17.3. The highest BCUT2D eigenvalue weighted by Gasteiger charge is 2.37. The Morgan fingerprint density at radius 1 is 1.30 bits per heavy atom. The maximum atomic E-state index is 12.8. The standard InChI is InChI=1S/C20H23IN2O6S/c1-12(2)29-18-14(21)8-13(9-15(18)27-3)10-16-19(25)23(20(26)30-16)11-17(24)22-4-6-28-7-5-22/h8-10,12H,4-7,11H2,1-3H3/b16-10+. The number of rotatable bonds is 6. The van der Waals surface area contributed by atoms with Crippen molar-refractivity contribution in [2.45, 2.75) is 20.0 Å². The van der Waals surface area contributed by atoms with Crippen molar-refractivity contribution in [1.29, 1.82) is 0 Å². The second-order valence-electron chi connectivity index (χ2n) is 6.96. The fourth-order valence-electron chi connectivity index (χ4n) is 3.01. The molecule has 0 N–H and O–H groups in total. The molecule has 2 aliphatic rings. The lowest BCUT2D eigenvalue weighted by Gasteiger charge is -2.28. The molecular weight excluding hydrogens is 523 g/mol. The Bertz CT molecular complexity index is 882. The smallest absolute Gasteiger partial charge is 0.294 e. The number of carbonyl (C=O) groups is 3. The molecule has 2 aliphatic heterocycles. The topological polar surface area (TPSA) is 85.4 Å². The van der Waals surface area contributed by atoms with E-state index in [1.807, 2.05) is 19.9 Å². The van der Waals surface area contributed by atoms with Gasteiger partial charge in [0.2, 0.25) is 5.91 Å². The number of methoxy groups -OCH3 is 1. The van der Waals surface area contributed by atoms with E-state index in [-0.39, 0.29) is 23.5 Å². The molecule has 0 atom stereocenters. The summed E-state index contributed by atoms with van der Waals surface area (Å²) in [5.74, 6) is 0.453. The number of hydrogen-bond acceptors (Lipinski definition) is 7. The Morgan fingerprint density at radius 3 is 2.63 bits per heavy atom. The van der Waals surface area contributed by atoms with Crippen LogP contribution in [0.3, 0.4) is 0 Å². The minimum absolute atomic E-state index is 0.0150. The second-order valence-corrected chi connectivity index (χ2v) is 9.12. The minimum Gasteiger partial charge on any atom is -0.493 e. The van der Waals surface area contributed by atoms with Crippen LogP contribution in [0.5, 0.6) is 11.5 Å². The Kier molecular flexibility index (Phi) is 7.64. The average molecular weight is 546 g/mol. The Hall–Kier alpha value is -1.79. The molecule has 0 aromatic heterocycles. The first-order valence-electron chi connectivity index (χ1n) is 9.45. The van der Waals surface area contributed by atoms with Crippen LogP contribution in [-0.2, 0) is 14.3 Å². The predicted molar refractivity (Wildman–Crippen MR) is 122 cm³/mol. The SMILES string of the molecule is COc1cc(/C=C2/SC(=O)N(CC(=O)N3CCOCC3)C2=O)cc(I)c1OC(C)C. The number of imide groups is 1. The molecule has 3 amide bonds. The molecule has 3 rings (SSSR count). The Morgan fingerprint density at radius 2 is 2.00 bits per heavy atom. The van der Waals surface area contributed by atoms with Crippen molar-refractivity contribution in [3.05, 3.63) is 26.2 Å². The fourth-order valence-corrected chi connectivity index (χ4v) is 4.60. The molecule has 1 aromatic carbocycles. The molecule has 0 spiro atoms. The molecule has 0 aliphatic carbocycles. The van der Waals surface area contributed by atoms with Gasteiger partial charge in [0.05, 0.1) is 34.9 Å². The van der Waals surface area contributed by atoms with Gasteiger partial charge in [0, 0.05) is 13.1 Å². The monoisotopic (exact) mass is 546 g/mol. The minimum atomic E-state index is -0.469. The number of carbonyl (C=O) groups excluding carboxylic acids is 3. The van der Waals surface area contributed by atoms with E-state index in [0.717, 1.165) is 20.2 Å². The van der Waals surface area contributed by atoms with Crippen LogP contribution in [0.4, 0.5) is 4.79 Å². The van der Waals surface area contributed by atoms with Gasteiger partial charge in [-0.05, 0) is 72.0 Å². The van der Waals surface area contributed by atoms with Crippen LogP contribution in [0.2, 0.25) is 0 Å². The molecule has 162 valence electrons. The third kappa shape index (κ3) is 5.27. The van der Waals surface area contributed by atoms with Gasteiger partial charge in [-0.2, -0.15) is 0 Å². The summed E-state index contributed by atoms with van der Waals surface area (Å²) in [4.78, 5) is 40.4. The van der Waals surface area contributed by atoms with Gasteiger partial charge in [0.1, 0.15) is 6.54 Å². The molecule has 2 heterocycles. The number of benzene rings is 1. The van der Waals surface area contributed by atoms with Crippen molar-refractivity contribution < 1.29 is 28.6 Å². The molecule has 30 heavy (non-hydrogen) atoms. The third-order valence-corrected chi connectivity index (χ3v) is 6.14. The molecule has 2 fully saturated rings. The summed E-state index contributed by atoms with van der Waals surface area (Å²) in [5, 5.41) is -0.450. The van der Waals surface area contributed by atoms with Gasteiger partial charge < -0.3 is 19.1 Å². The van der Waals surface area contributed by atoms with Crippen LogP contribution in [0.25, 0.3) is 6.08 Å². The highest BCUT2D eigenvalue weighted by atomic mass is 127. The van der Waals surface area contributed by atoms with Crippen LogP contribution in [0.1, 0.15) is 19.4 Å². The lowest BCUT2D eigenvalue weighted by Crippen LogP contribution is -2.46. The predicted octanol–water partition coefficient (Wildman–Crippen LogP) is 2.98. The average Bonchev–Trinajstić information content (AvgIpc) is 2.97. The van der Waals surface area contributed by atoms with E-state index in [4.69, 9.17) is 14.2 Å². The van der Waals surface area contributed by atoms with Crippen molar-refractivity contribution in [3.63, 3.8) is 0 Å². The Balaban J connectivity index is 1.78.